The molecule has 19 heavy (non-hydrogen) atoms. The fourth-order valence-corrected chi connectivity index (χ4v) is 2.15. The highest BCUT2D eigenvalue weighted by Gasteiger charge is 2.12. The Morgan fingerprint density at radius 2 is 1.89 bits per heavy atom. The largest absolute Gasteiger partial charge is 0.363 e. The molecule has 0 aliphatic rings. The van der Waals surface area contributed by atoms with E-state index in [4.69, 9.17) is 17.4 Å². The number of benzene rings is 1. The second kappa shape index (κ2) is 5.86. The number of nitrogens with one attached hydrogen (secondary N) is 2. The SMILES string of the molecule is Cc1c(NN)ncnc1NC(C)c1ccccc1Cl. The van der Waals surface area contributed by atoms with Crippen LogP contribution >= 0.6 is 11.6 Å². The molecule has 1 aromatic carbocycles. The molecule has 0 saturated carbocycles. The maximum Gasteiger partial charge on any atom is 0.148 e. The average Bonchev–Trinajstić information content (AvgIpc) is 2.41. The van der Waals surface area contributed by atoms with Crippen molar-refractivity contribution in [3.05, 3.63) is 46.7 Å². The summed E-state index contributed by atoms with van der Waals surface area (Å²) in [5.41, 5.74) is 4.43. The highest BCUT2D eigenvalue weighted by atomic mass is 35.5. The zero-order valence-corrected chi connectivity index (χ0v) is 11.6. The summed E-state index contributed by atoms with van der Waals surface area (Å²) in [4.78, 5) is 8.26. The Bertz CT molecular complexity index is 573. The molecule has 0 fully saturated rings. The molecule has 0 aliphatic heterocycles. The number of rotatable bonds is 4. The first-order valence-corrected chi connectivity index (χ1v) is 6.30. The summed E-state index contributed by atoms with van der Waals surface area (Å²) >= 11 is 6.18. The Labute approximate surface area is 117 Å². The highest BCUT2D eigenvalue weighted by molar-refractivity contribution is 6.31. The minimum Gasteiger partial charge on any atom is -0.363 e. The van der Waals surface area contributed by atoms with E-state index in [0.717, 1.165) is 22.0 Å². The Kier molecular flexibility index (Phi) is 4.19. The Morgan fingerprint density at radius 1 is 1.21 bits per heavy atom. The first-order valence-electron chi connectivity index (χ1n) is 5.92. The molecule has 0 saturated heterocycles. The van der Waals surface area contributed by atoms with Gasteiger partial charge in [-0.3, -0.25) is 0 Å². The highest BCUT2D eigenvalue weighted by Crippen LogP contribution is 2.27. The van der Waals surface area contributed by atoms with Gasteiger partial charge in [-0.15, -0.1) is 0 Å². The maximum absolute atomic E-state index is 6.18. The van der Waals surface area contributed by atoms with Gasteiger partial charge in [-0.2, -0.15) is 0 Å². The summed E-state index contributed by atoms with van der Waals surface area (Å²) in [6.45, 7) is 3.93. The van der Waals surface area contributed by atoms with Crippen molar-refractivity contribution in [1.29, 1.82) is 0 Å². The predicted octanol–water partition coefficient (Wildman–Crippen LogP) is 2.90. The third-order valence-electron chi connectivity index (χ3n) is 2.95. The van der Waals surface area contributed by atoms with Crippen molar-refractivity contribution in [2.24, 2.45) is 5.84 Å². The number of nitrogens with zero attached hydrogens (tertiary/aromatic N) is 2. The molecule has 1 atom stereocenters. The monoisotopic (exact) mass is 277 g/mol. The van der Waals surface area contributed by atoms with Crippen LogP contribution in [0.15, 0.2) is 30.6 Å². The van der Waals surface area contributed by atoms with Gasteiger partial charge in [0.25, 0.3) is 0 Å². The number of halogens is 1. The van der Waals surface area contributed by atoms with Crippen LogP contribution in [0, 0.1) is 6.92 Å². The number of hydrogen-bond acceptors (Lipinski definition) is 5. The second-order valence-corrected chi connectivity index (χ2v) is 4.63. The van der Waals surface area contributed by atoms with E-state index in [-0.39, 0.29) is 6.04 Å². The fourth-order valence-electron chi connectivity index (χ4n) is 1.85. The van der Waals surface area contributed by atoms with Gasteiger partial charge in [0.05, 0.1) is 6.04 Å². The van der Waals surface area contributed by atoms with E-state index < -0.39 is 0 Å². The molecule has 0 amide bonds. The zero-order chi connectivity index (χ0) is 13.8. The minimum atomic E-state index is 0.0351. The normalized spacial score (nSPS) is 12.0. The van der Waals surface area contributed by atoms with Crippen molar-refractivity contribution in [3.8, 4) is 0 Å². The molecule has 5 nitrogen and oxygen atoms in total. The molecule has 1 aromatic heterocycles. The van der Waals surface area contributed by atoms with E-state index >= 15 is 0 Å². The lowest BCUT2D eigenvalue weighted by Gasteiger charge is -2.18. The average molecular weight is 278 g/mol. The number of nitrogens with two attached hydrogens (primary N) is 1. The van der Waals surface area contributed by atoms with E-state index in [1.54, 1.807) is 0 Å². The standard InChI is InChI=1S/C13H16ClN5/c1-8-12(16-7-17-13(8)19-15)18-9(2)10-5-3-4-6-11(10)14/h3-7,9H,15H2,1-2H3,(H2,16,17,18,19). The van der Waals surface area contributed by atoms with E-state index in [0.29, 0.717) is 5.82 Å². The first kappa shape index (κ1) is 13.6. The van der Waals surface area contributed by atoms with Crippen LogP contribution in [0.5, 0.6) is 0 Å². The summed E-state index contributed by atoms with van der Waals surface area (Å²) in [7, 11) is 0. The first-order chi connectivity index (χ1) is 9.13. The summed E-state index contributed by atoms with van der Waals surface area (Å²) in [5.74, 6) is 6.73. The van der Waals surface area contributed by atoms with Gasteiger partial charge in [0.2, 0.25) is 0 Å². The Balaban J connectivity index is 2.24. The maximum atomic E-state index is 6.18. The molecule has 0 radical (unpaired) electrons. The molecular formula is C13H16ClN5. The summed E-state index contributed by atoms with van der Waals surface area (Å²) in [6.07, 6.45) is 1.46. The smallest absolute Gasteiger partial charge is 0.148 e. The third-order valence-corrected chi connectivity index (χ3v) is 3.29. The molecule has 0 bridgehead atoms. The number of anilines is 2. The van der Waals surface area contributed by atoms with Crippen LogP contribution in [0.1, 0.15) is 24.1 Å². The van der Waals surface area contributed by atoms with E-state index in [2.05, 4.69) is 20.7 Å². The molecule has 6 heteroatoms. The van der Waals surface area contributed by atoms with Crippen LogP contribution in [-0.4, -0.2) is 9.97 Å². The quantitative estimate of drug-likeness (QED) is 0.592. The van der Waals surface area contributed by atoms with Crippen molar-refractivity contribution in [2.45, 2.75) is 19.9 Å². The van der Waals surface area contributed by atoms with Gasteiger partial charge in [-0.25, -0.2) is 15.8 Å². The molecule has 2 rings (SSSR count). The summed E-state index contributed by atoms with van der Waals surface area (Å²) < 4.78 is 0. The Hall–Kier alpha value is -1.85. The van der Waals surface area contributed by atoms with Crippen molar-refractivity contribution in [3.63, 3.8) is 0 Å². The van der Waals surface area contributed by atoms with Crippen LogP contribution in [0.25, 0.3) is 0 Å². The molecule has 0 spiro atoms. The van der Waals surface area contributed by atoms with Crippen LogP contribution in [0.2, 0.25) is 5.02 Å². The lowest BCUT2D eigenvalue weighted by atomic mass is 10.1. The topological polar surface area (TPSA) is 75.9 Å². The molecule has 4 N–H and O–H groups in total. The van der Waals surface area contributed by atoms with Gasteiger partial charge >= 0.3 is 0 Å². The second-order valence-electron chi connectivity index (χ2n) is 4.23. The predicted molar refractivity (Wildman–Crippen MR) is 78.1 cm³/mol. The van der Waals surface area contributed by atoms with E-state index in [1.807, 2.05) is 38.1 Å². The van der Waals surface area contributed by atoms with Crippen molar-refractivity contribution >= 4 is 23.2 Å². The van der Waals surface area contributed by atoms with Gasteiger partial charge in [-0.05, 0) is 25.5 Å². The third kappa shape index (κ3) is 2.94. The van der Waals surface area contributed by atoms with Crippen LogP contribution in [0.4, 0.5) is 11.6 Å². The molecular weight excluding hydrogens is 262 g/mol. The van der Waals surface area contributed by atoms with Gasteiger partial charge < -0.3 is 10.7 Å². The van der Waals surface area contributed by atoms with Gasteiger partial charge in [0, 0.05) is 10.6 Å². The van der Waals surface area contributed by atoms with Crippen molar-refractivity contribution < 1.29 is 0 Å². The van der Waals surface area contributed by atoms with Gasteiger partial charge in [0.1, 0.15) is 18.0 Å². The van der Waals surface area contributed by atoms with Gasteiger partial charge in [-0.1, -0.05) is 29.8 Å². The Morgan fingerprint density at radius 3 is 2.58 bits per heavy atom. The van der Waals surface area contributed by atoms with Crippen molar-refractivity contribution in [1.82, 2.24) is 9.97 Å². The number of hydrogen-bond donors (Lipinski definition) is 3. The minimum absolute atomic E-state index is 0.0351. The lowest BCUT2D eigenvalue weighted by Crippen LogP contribution is -2.14. The summed E-state index contributed by atoms with van der Waals surface area (Å²) in [5, 5.41) is 4.04. The molecule has 0 aliphatic carbocycles. The number of hydrazine groups is 1. The molecule has 2 aromatic rings. The van der Waals surface area contributed by atoms with Crippen molar-refractivity contribution in [2.75, 3.05) is 10.7 Å². The number of aromatic nitrogens is 2. The fraction of sp³-hybridized carbons (Fsp3) is 0.231. The van der Waals surface area contributed by atoms with Crippen LogP contribution in [0.3, 0.4) is 0 Å². The van der Waals surface area contributed by atoms with Gasteiger partial charge in [0.15, 0.2) is 0 Å². The van der Waals surface area contributed by atoms with Crippen LogP contribution in [-0.2, 0) is 0 Å². The van der Waals surface area contributed by atoms with E-state index in [9.17, 15) is 0 Å². The summed E-state index contributed by atoms with van der Waals surface area (Å²) in [6, 6.07) is 7.75. The lowest BCUT2D eigenvalue weighted by molar-refractivity contribution is 0.868. The molecule has 1 unspecified atom stereocenters. The van der Waals surface area contributed by atoms with Crippen LogP contribution < -0.4 is 16.6 Å². The van der Waals surface area contributed by atoms with E-state index in [1.165, 1.54) is 6.33 Å². The zero-order valence-electron chi connectivity index (χ0n) is 10.8. The molecule has 100 valence electrons. The molecule has 1 heterocycles. The number of nitrogen functional groups attached to an aromatic ring is 1.